The molecule has 0 aromatic heterocycles. The third-order valence-electron chi connectivity index (χ3n) is 5.94. The van der Waals surface area contributed by atoms with Gasteiger partial charge in [0.15, 0.2) is 0 Å². The number of carbonyl (C=O) groups excluding carboxylic acids is 1. The average molecular weight is 444 g/mol. The topological polar surface area (TPSA) is 69.7 Å². The average Bonchev–Trinajstić information content (AvgIpc) is 2.72. The molecule has 1 amide bonds. The lowest BCUT2D eigenvalue weighted by Gasteiger charge is -2.31. The molecule has 0 saturated carbocycles. The van der Waals surface area contributed by atoms with Gasteiger partial charge in [-0.15, -0.1) is 0 Å². The lowest BCUT2D eigenvalue weighted by atomic mass is 10.0. The minimum atomic E-state index is -3.61. The molecule has 0 unspecified atom stereocenters. The number of sulfonamides is 1. The summed E-state index contributed by atoms with van der Waals surface area (Å²) in [7, 11) is -3.61. The molecule has 7 heteroatoms. The summed E-state index contributed by atoms with van der Waals surface area (Å²) in [5, 5.41) is 2.92. The zero-order chi connectivity index (χ0) is 22.6. The van der Waals surface area contributed by atoms with Gasteiger partial charge in [0, 0.05) is 25.3 Å². The smallest absolute Gasteiger partial charge is 0.243 e. The molecular weight excluding hydrogens is 410 g/mol. The van der Waals surface area contributed by atoms with Crippen LogP contribution in [0.15, 0.2) is 42.5 Å². The van der Waals surface area contributed by atoms with Gasteiger partial charge in [-0.3, -0.25) is 9.10 Å². The summed E-state index contributed by atoms with van der Waals surface area (Å²) in [5.41, 5.74) is 5.24. The normalized spacial score (nSPS) is 14.6. The van der Waals surface area contributed by atoms with E-state index >= 15 is 0 Å². The van der Waals surface area contributed by atoms with Crippen LogP contribution in [-0.4, -0.2) is 46.3 Å². The van der Waals surface area contributed by atoms with Crippen LogP contribution in [0.1, 0.15) is 36.5 Å². The Morgan fingerprint density at radius 3 is 2.61 bits per heavy atom. The number of aryl methyl sites for hydroxylation is 3. The molecule has 1 aliphatic rings. The van der Waals surface area contributed by atoms with Crippen LogP contribution in [-0.2, 0) is 21.2 Å². The van der Waals surface area contributed by atoms with Crippen molar-refractivity contribution in [1.29, 1.82) is 0 Å². The molecule has 0 saturated heterocycles. The molecule has 2 aromatic rings. The monoisotopic (exact) mass is 443 g/mol. The van der Waals surface area contributed by atoms with Gasteiger partial charge in [-0.25, -0.2) is 8.42 Å². The summed E-state index contributed by atoms with van der Waals surface area (Å²) < 4.78 is 26.1. The van der Waals surface area contributed by atoms with Crippen LogP contribution in [0.3, 0.4) is 0 Å². The standard InChI is InChI=1S/C24H33N3O3S/c1-18-12-13-22(17-19(18)2)27(31(4,29)30)20(3)24(28)25-14-8-16-26-15-7-10-21-9-5-6-11-23(21)26/h5-6,9,11-13,17,20H,7-8,10,14-16H2,1-4H3,(H,25,28)/t20-/m0/s1. The van der Waals surface area contributed by atoms with E-state index in [1.54, 1.807) is 13.0 Å². The van der Waals surface area contributed by atoms with Gasteiger partial charge in [0.05, 0.1) is 11.9 Å². The van der Waals surface area contributed by atoms with Gasteiger partial charge in [-0.1, -0.05) is 24.3 Å². The fourth-order valence-corrected chi connectivity index (χ4v) is 5.31. The first-order valence-electron chi connectivity index (χ1n) is 10.9. The van der Waals surface area contributed by atoms with Gasteiger partial charge in [-0.05, 0) is 74.9 Å². The summed E-state index contributed by atoms with van der Waals surface area (Å²) in [6, 6.07) is 13.1. The van der Waals surface area contributed by atoms with Gasteiger partial charge in [0.1, 0.15) is 6.04 Å². The number of nitrogens with zero attached hydrogens (tertiary/aromatic N) is 2. The van der Waals surface area contributed by atoms with Crippen LogP contribution in [0.25, 0.3) is 0 Å². The van der Waals surface area contributed by atoms with Crippen molar-refractivity contribution in [3.63, 3.8) is 0 Å². The van der Waals surface area contributed by atoms with Crippen LogP contribution in [0, 0.1) is 13.8 Å². The SMILES string of the molecule is Cc1ccc(N([C@@H](C)C(=O)NCCCN2CCCc3ccccc32)S(C)(=O)=O)cc1C. The summed E-state index contributed by atoms with van der Waals surface area (Å²) in [4.78, 5) is 15.1. The van der Waals surface area contributed by atoms with Crippen molar-refractivity contribution in [2.45, 2.75) is 46.1 Å². The number of hydrogen-bond donors (Lipinski definition) is 1. The molecule has 6 nitrogen and oxygen atoms in total. The van der Waals surface area contributed by atoms with Crippen LogP contribution < -0.4 is 14.5 Å². The van der Waals surface area contributed by atoms with Crippen molar-refractivity contribution >= 4 is 27.3 Å². The van der Waals surface area contributed by atoms with E-state index in [-0.39, 0.29) is 5.91 Å². The highest BCUT2D eigenvalue weighted by Gasteiger charge is 2.29. The first-order valence-corrected chi connectivity index (χ1v) is 12.7. The number of nitrogens with one attached hydrogen (secondary N) is 1. The number of benzene rings is 2. The van der Waals surface area contributed by atoms with E-state index in [1.807, 2.05) is 26.0 Å². The molecule has 31 heavy (non-hydrogen) atoms. The summed E-state index contributed by atoms with van der Waals surface area (Å²) >= 11 is 0. The van der Waals surface area contributed by atoms with Gasteiger partial charge < -0.3 is 10.2 Å². The zero-order valence-corrected chi connectivity index (χ0v) is 19.7. The zero-order valence-electron chi connectivity index (χ0n) is 18.9. The molecule has 0 radical (unpaired) electrons. The van der Waals surface area contributed by atoms with Gasteiger partial charge in [0.25, 0.3) is 0 Å². The third kappa shape index (κ3) is 5.58. The Bertz CT molecular complexity index is 1040. The Balaban J connectivity index is 1.59. The van der Waals surface area contributed by atoms with Crippen molar-refractivity contribution in [3.8, 4) is 0 Å². The third-order valence-corrected chi connectivity index (χ3v) is 7.19. The van der Waals surface area contributed by atoms with E-state index in [4.69, 9.17) is 0 Å². The largest absolute Gasteiger partial charge is 0.371 e. The number of carbonyl (C=O) groups is 1. The lowest BCUT2D eigenvalue weighted by Crippen LogP contribution is -2.48. The Hall–Kier alpha value is -2.54. The molecule has 0 aliphatic carbocycles. The first kappa shape index (κ1) is 23.1. The quantitative estimate of drug-likeness (QED) is 0.635. The van der Waals surface area contributed by atoms with Gasteiger partial charge in [0.2, 0.25) is 15.9 Å². The predicted octanol–water partition coefficient (Wildman–Crippen LogP) is 3.42. The predicted molar refractivity (Wildman–Crippen MR) is 127 cm³/mol. The molecule has 0 bridgehead atoms. The molecular formula is C24H33N3O3S. The van der Waals surface area contributed by atoms with Crippen molar-refractivity contribution in [2.75, 3.05) is 35.1 Å². The fraction of sp³-hybridized carbons (Fsp3) is 0.458. The van der Waals surface area contributed by atoms with Crippen LogP contribution >= 0.6 is 0 Å². The maximum atomic E-state index is 12.8. The minimum absolute atomic E-state index is 0.289. The molecule has 0 fully saturated rings. The number of para-hydroxylation sites is 1. The number of amides is 1. The van der Waals surface area contributed by atoms with Crippen molar-refractivity contribution in [3.05, 3.63) is 59.2 Å². The van der Waals surface area contributed by atoms with E-state index in [0.29, 0.717) is 12.2 Å². The Morgan fingerprint density at radius 2 is 1.90 bits per heavy atom. The first-order chi connectivity index (χ1) is 14.7. The van der Waals surface area contributed by atoms with Gasteiger partial charge in [-0.2, -0.15) is 0 Å². The molecule has 1 heterocycles. The lowest BCUT2D eigenvalue weighted by molar-refractivity contribution is -0.121. The van der Waals surface area contributed by atoms with E-state index in [2.05, 4.69) is 34.5 Å². The molecule has 0 spiro atoms. The van der Waals surface area contributed by atoms with E-state index in [1.165, 1.54) is 15.6 Å². The summed E-state index contributed by atoms with van der Waals surface area (Å²) in [6.45, 7) is 7.93. The Kier molecular flexibility index (Phi) is 7.26. The van der Waals surface area contributed by atoms with Crippen LogP contribution in [0.5, 0.6) is 0 Å². The second-order valence-corrected chi connectivity index (χ2v) is 10.2. The highest BCUT2D eigenvalue weighted by molar-refractivity contribution is 7.92. The molecule has 2 aromatic carbocycles. The highest BCUT2D eigenvalue weighted by atomic mass is 32.2. The molecule has 3 rings (SSSR count). The molecule has 168 valence electrons. The maximum absolute atomic E-state index is 12.8. The van der Waals surface area contributed by atoms with E-state index < -0.39 is 16.1 Å². The molecule has 1 N–H and O–H groups in total. The summed E-state index contributed by atoms with van der Waals surface area (Å²) in [5.74, 6) is -0.289. The van der Waals surface area contributed by atoms with Crippen molar-refractivity contribution < 1.29 is 13.2 Å². The number of fused-ring (bicyclic) bond motifs is 1. The fourth-order valence-electron chi connectivity index (χ4n) is 4.14. The van der Waals surface area contributed by atoms with Crippen molar-refractivity contribution in [1.82, 2.24) is 5.32 Å². The molecule has 1 atom stereocenters. The number of anilines is 2. The van der Waals surface area contributed by atoms with Gasteiger partial charge >= 0.3 is 0 Å². The van der Waals surface area contributed by atoms with Crippen LogP contribution in [0.2, 0.25) is 0 Å². The number of rotatable bonds is 8. The summed E-state index contributed by atoms with van der Waals surface area (Å²) in [6.07, 6.45) is 4.19. The molecule has 1 aliphatic heterocycles. The second-order valence-electron chi connectivity index (χ2n) is 8.37. The second kappa shape index (κ2) is 9.73. The Labute approximate surface area is 186 Å². The van der Waals surface area contributed by atoms with E-state index in [0.717, 1.165) is 49.7 Å². The Morgan fingerprint density at radius 1 is 1.16 bits per heavy atom. The van der Waals surface area contributed by atoms with E-state index in [9.17, 15) is 13.2 Å². The minimum Gasteiger partial charge on any atom is -0.371 e. The highest BCUT2D eigenvalue weighted by Crippen LogP contribution is 2.26. The maximum Gasteiger partial charge on any atom is 0.243 e. The van der Waals surface area contributed by atoms with Crippen molar-refractivity contribution in [2.24, 2.45) is 0 Å². The van der Waals surface area contributed by atoms with Crippen LogP contribution in [0.4, 0.5) is 11.4 Å². The number of hydrogen-bond acceptors (Lipinski definition) is 4.